The highest BCUT2D eigenvalue weighted by atomic mass is 35.5. The number of carbonyl (C=O) groups excluding carboxylic acids is 1. The highest BCUT2D eigenvalue weighted by Gasteiger charge is 2.46. The normalized spacial score (nSPS) is 14.8. The van der Waals surface area contributed by atoms with Crippen LogP contribution in [0.25, 0.3) is 0 Å². The fourth-order valence-electron chi connectivity index (χ4n) is 2.76. The second kappa shape index (κ2) is 7.05. The van der Waals surface area contributed by atoms with Crippen molar-refractivity contribution in [3.63, 3.8) is 0 Å². The van der Waals surface area contributed by atoms with Gasteiger partial charge >= 0.3 is 15.5 Å². The van der Waals surface area contributed by atoms with E-state index in [2.05, 4.69) is 0 Å². The van der Waals surface area contributed by atoms with E-state index in [4.69, 9.17) is 11.6 Å². The van der Waals surface area contributed by atoms with Gasteiger partial charge < -0.3 is 4.90 Å². The quantitative estimate of drug-likeness (QED) is 0.821. The first kappa shape index (κ1) is 19.5. The maximum Gasteiger partial charge on any atom is 0.516 e. The van der Waals surface area contributed by atoms with Gasteiger partial charge in [-0.15, -0.1) is 0 Å². The molecule has 1 aliphatic heterocycles. The lowest BCUT2D eigenvalue weighted by Crippen LogP contribution is -2.37. The van der Waals surface area contributed by atoms with Gasteiger partial charge in [0.05, 0.1) is 0 Å². The number of amides is 1. The molecule has 3 rings (SSSR count). The predicted octanol–water partition coefficient (Wildman–Crippen LogP) is 3.80. The Bertz CT molecular complexity index is 976. The molecule has 0 radical (unpaired) electrons. The first-order chi connectivity index (χ1) is 12.6. The third kappa shape index (κ3) is 4.19. The number of alkyl halides is 3. The first-order valence-corrected chi connectivity index (χ1v) is 9.69. The molecular formula is C17H14ClF3N2O3S. The summed E-state index contributed by atoms with van der Waals surface area (Å²) in [7, 11) is -5.46. The minimum absolute atomic E-state index is 0.180. The molecule has 1 aliphatic rings. The van der Waals surface area contributed by atoms with Gasteiger partial charge in [0.25, 0.3) is 5.91 Å². The van der Waals surface area contributed by atoms with Crippen molar-refractivity contribution in [2.75, 3.05) is 11.3 Å². The van der Waals surface area contributed by atoms with E-state index in [9.17, 15) is 26.4 Å². The Morgan fingerprint density at radius 1 is 1.11 bits per heavy atom. The van der Waals surface area contributed by atoms with Crippen molar-refractivity contribution in [2.45, 2.75) is 18.5 Å². The van der Waals surface area contributed by atoms with Crippen LogP contribution < -0.4 is 4.72 Å². The summed E-state index contributed by atoms with van der Waals surface area (Å²) in [5.74, 6) is -0.180. The number of benzene rings is 2. The van der Waals surface area contributed by atoms with Crippen molar-refractivity contribution in [1.82, 2.24) is 4.90 Å². The van der Waals surface area contributed by atoms with Crippen molar-refractivity contribution in [1.29, 1.82) is 0 Å². The first-order valence-electron chi connectivity index (χ1n) is 7.82. The van der Waals surface area contributed by atoms with Crippen LogP contribution in [-0.4, -0.2) is 31.3 Å². The largest absolute Gasteiger partial charge is 0.516 e. The van der Waals surface area contributed by atoms with Crippen molar-refractivity contribution >= 4 is 33.2 Å². The lowest BCUT2D eigenvalue weighted by Gasteiger charge is -2.28. The van der Waals surface area contributed by atoms with Crippen molar-refractivity contribution in [3.05, 3.63) is 64.2 Å². The number of rotatable bonds is 4. The summed E-state index contributed by atoms with van der Waals surface area (Å²) in [5.41, 5.74) is -3.50. The molecule has 0 atom stereocenters. The summed E-state index contributed by atoms with van der Waals surface area (Å²) in [6.45, 7) is 0.743. The molecule has 0 aromatic heterocycles. The summed E-state index contributed by atoms with van der Waals surface area (Å²) in [6, 6.07) is 10.5. The number of nitrogens with one attached hydrogen (secondary N) is 1. The van der Waals surface area contributed by atoms with E-state index in [1.807, 2.05) is 6.07 Å². The molecule has 0 saturated carbocycles. The topological polar surface area (TPSA) is 66.5 Å². The van der Waals surface area contributed by atoms with Gasteiger partial charge in [-0.05, 0) is 41.8 Å². The van der Waals surface area contributed by atoms with Crippen LogP contribution in [0.1, 0.15) is 21.5 Å². The highest BCUT2D eigenvalue weighted by Crippen LogP contribution is 2.26. The van der Waals surface area contributed by atoms with Crippen LogP contribution in [0.2, 0.25) is 5.02 Å². The number of halogens is 4. The molecule has 0 saturated heterocycles. The molecule has 144 valence electrons. The Kier molecular flexibility index (Phi) is 5.09. The highest BCUT2D eigenvalue weighted by molar-refractivity contribution is 7.93. The molecule has 0 bridgehead atoms. The number of fused-ring (bicyclic) bond motifs is 1. The van der Waals surface area contributed by atoms with Gasteiger partial charge in [0.1, 0.15) is 0 Å². The molecule has 2 aromatic rings. The fraction of sp³-hybridized carbons (Fsp3) is 0.235. The second-order valence-corrected chi connectivity index (χ2v) is 8.14. The molecule has 2 aromatic carbocycles. The van der Waals surface area contributed by atoms with Gasteiger partial charge in [-0.25, -0.2) is 0 Å². The SMILES string of the molecule is O=C1c2cc(Cl)ccc2CCN1Cc1ccc(NS(=O)(=O)C(F)(F)F)cc1. The number of carbonyl (C=O) groups is 1. The van der Waals surface area contributed by atoms with Crippen LogP contribution >= 0.6 is 11.6 Å². The zero-order chi connectivity index (χ0) is 19.8. The molecule has 0 spiro atoms. The third-order valence-corrected chi connectivity index (χ3v) is 5.47. The molecular weight excluding hydrogens is 405 g/mol. The molecule has 1 heterocycles. The van der Waals surface area contributed by atoms with Crippen LogP contribution in [0.5, 0.6) is 0 Å². The summed E-state index contributed by atoms with van der Waals surface area (Å²) in [5, 5.41) is 0.463. The lowest BCUT2D eigenvalue weighted by molar-refractivity contribution is -0.0429. The number of anilines is 1. The Labute approximate surface area is 158 Å². The van der Waals surface area contributed by atoms with Crippen LogP contribution in [-0.2, 0) is 23.0 Å². The van der Waals surface area contributed by atoms with E-state index in [0.717, 1.165) is 5.56 Å². The fourth-order valence-corrected chi connectivity index (χ4v) is 3.49. The van der Waals surface area contributed by atoms with Crippen molar-refractivity contribution < 1.29 is 26.4 Å². The predicted molar refractivity (Wildman–Crippen MR) is 94.9 cm³/mol. The summed E-state index contributed by atoms with van der Waals surface area (Å²) < 4.78 is 60.9. The zero-order valence-electron chi connectivity index (χ0n) is 13.8. The number of hydrogen-bond donors (Lipinski definition) is 1. The van der Waals surface area contributed by atoms with Gasteiger partial charge in [-0.1, -0.05) is 29.8 Å². The minimum atomic E-state index is -5.46. The van der Waals surface area contributed by atoms with Crippen LogP contribution in [0, 0.1) is 0 Å². The number of hydrogen-bond acceptors (Lipinski definition) is 3. The molecule has 0 fully saturated rings. The summed E-state index contributed by atoms with van der Waals surface area (Å²) in [4.78, 5) is 14.2. The Hall–Kier alpha value is -2.26. The summed E-state index contributed by atoms with van der Waals surface area (Å²) >= 11 is 5.95. The van der Waals surface area contributed by atoms with Gasteiger partial charge in [0.15, 0.2) is 0 Å². The lowest BCUT2D eigenvalue weighted by atomic mass is 9.98. The Balaban J connectivity index is 1.71. The van der Waals surface area contributed by atoms with Gasteiger partial charge in [0, 0.05) is 29.4 Å². The summed E-state index contributed by atoms with van der Waals surface area (Å²) in [6.07, 6.45) is 0.668. The average molecular weight is 419 g/mol. The number of sulfonamides is 1. The minimum Gasteiger partial charge on any atom is -0.334 e. The molecule has 1 amide bonds. The van der Waals surface area contributed by atoms with Gasteiger partial charge in [0.2, 0.25) is 0 Å². The van der Waals surface area contributed by atoms with Crippen LogP contribution in [0.3, 0.4) is 0 Å². The second-order valence-electron chi connectivity index (χ2n) is 6.03. The van der Waals surface area contributed by atoms with Crippen molar-refractivity contribution in [3.8, 4) is 0 Å². The average Bonchev–Trinajstić information content (AvgIpc) is 2.58. The maximum absolute atomic E-state index is 12.6. The van der Waals surface area contributed by atoms with E-state index < -0.39 is 15.5 Å². The van der Waals surface area contributed by atoms with E-state index in [1.165, 1.54) is 29.0 Å². The zero-order valence-corrected chi connectivity index (χ0v) is 15.3. The monoisotopic (exact) mass is 418 g/mol. The standard InChI is InChI=1S/C17H14ClF3N2O3S/c18-13-4-3-12-7-8-23(16(24)15(12)9-13)10-11-1-5-14(6-2-11)22-27(25,26)17(19,20)21/h1-6,9,22H,7-8,10H2. The van der Waals surface area contributed by atoms with E-state index in [1.54, 1.807) is 17.0 Å². The molecule has 0 aliphatic carbocycles. The van der Waals surface area contributed by atoms with E-state index in [-0.39, 0.29) is 18.1 Å². The Morgan fingerprint density at radius 3 is 2.41 bits per heavy atom. The number of nitrogens with zero attached hydrogens (tertiary/aromatic N) is 1. The molecule has 5 nitrogen and oxygen atoms in total. The Morgan fingerprint density at radius 2 is 1.78 bits per heavy atom. The van der Waals surface area contributed by atoms with Gasteiger partial charge in [-0.2, -0.15) is 21.6 Å². The molecule has 27 heavy (non-hydrogen) atoms. The van der Waals surface area contributed by atoms with Gasteiger partial charge in [-0.3, -0.25) is 9.52 Å². The van der Waals surface area contributed by atoms with Crippen LogP contribution in [0.15, 0.2) is 42.5 Å². The van der Waals surface area contributed by atoms with E-state index in [0.29, 0.717) is 29.1 Å². The smallest absolute Gasteiger partial charge is 0.334 e. The molecule has 0 unspecified atom stereocenters. The van der Waals surface area contributed by atoms with Crippen LogP contribution in [0.4, 0.5) is 18.9 Å². The van der Waals surface area contributed by atoms with E-state index >= 15 is 0 Å². The molecule has 10 heteroatoms. The maximum atomic E-state index is 12.6. The van der Waals surface area contributed by atoms with Crippen molar-refractivity contribution in [2.24, 2.45) is 0 Å². The third-order valence-electron chi connectivity index (χ3n) is 4.12. The molecule has 1 N–H and O–H groups in total.